The van der Waals surface area contributed by atoms with Crippen molar-refractivity contribution in [2.75, 3.05) is 0 Å². The second-order valence-corrected chi connectivity index (χ2v) is 5.14. The molecule has 0 fully saturated rings. The third-order valence-corrected chi connectivity index (χ3v) is 3.32. The topological polar surface area (TPSA) is 128 Å². The van der Waals surface area contributed by atoms with Crippen LogP contribution in [0.15, 0.2) is 35.5 Å². The Balaban J connectivity index is 2.25. The number of hydrogen-bond donors (Lipinski definition) is 1. The molecule has 2 rings (SSSR count). The minimum absolute atomic E-state index is 0.00901. The highest BCUT2D eigenvalue weighted by Gasteiger charge is 2.21. The Bertz CT molecular complexity index is 833. The highest BCUT2D eigenvalue weighted by atomic mass is 35.5. The lowest BCUT2D eigenvalue weighted by atomic mass is 10.2. The van der Waals surface area contributed by atoms with Crippen LogP contribution in [0.5, 0.6) is 11.5 Å². The molecule has 0 bridgehead atoms. The summed E-state index contributed by atoms with van der Waals surface area (Å²) >= 11 is 11.5. The van der Waals surface area contributed by atoms with Crippen molar-refractivity contribution < 1.29 is 19.8 Å². The average Bonchev–Trinajstić information content (AvgIpc) is 2.52. The van der Waals surface area contributed by atoms with Gasteiger partial charge in [-0.15, -0.1) is 0 Å². The largest absolute Gasteiger partial charge is 0.505 e. The summed E-state index contributed by atoms with van der Waals surface area (Å²) in [4.78, 5) is 24.9. The van der Waals surface area contributed by atoms with Crippen LogP contribution >= 0.6 is 23.2 Å². The highest BCUT2D eigenvalue weighted by Crippen LogP contribution is 2.33. The van der Waals surface area contributed by atoms with Gasteiger partial charge in [-0.25, -0.2) is 0 Å². The number of non-ortho nitro benzene ring substituents is 1. The molecule has 0 aliphatic rings. The molecular weight excluding hydrogens is 365 g/mol. The molecule has 24 heavy (non-hydrogen) atoms. The number of nitro groups is 2. The lowest BCUT2D eigenvalue weighted by Gasteiger charge is -2.02. The maximum atomic E-state index is 10.9. The summed E-state index contributed by atoms with van der Waals surface area (Å²) in [6, 6.07) is 5.56. The smallest absolute Gasteiger partial charge is 0.321 e. The van der Waals surface area contributed by atoms with Gasteiger partial charge in [-0.2, -0.15) is 0 Å². The molecule has 0 spiro atoms. The molecular formula is C13H7Cl2N3O6. The summed E-state index contributed by atoms with van der Waals surface area (Å²) in [5, 5.41) is 34.5. The molecule has 0 unspecified atom stereocenters. The maximum Gasteiger partial charge on any atom is 0.321 e. The van der Waals surface area contributed by atoms with Crippen molar-refractivity contribution in [2.24, 2.45) is 5.16 Å². The van der Waals surface area contributed by atoms with Gasteiger partial charge in [0, 0.05) is 6.07 Å². The van der Waals surface area contributed by atoms with E-state index in [1.165, 1.54) is 12.1 Å². The van der Waals surface area contributed by atoms with E-state index in [1.54, 1.807) is 0 Å². The van der Waals surface area contributed by atoms with Gasteiger partial charge in [0.05, 0.1) is 32.2 Å². The summed E-state index contributed by atoms with van der Waals surface area (Å²) in [6.07, 6.45) is 1.16. The van der Waals surface area contributed by atoms with Crippen molar-refractivity contribution in [1.82, 2.24) is 0 Å². The predicted molar refractivity (Wildman–Crippen MR) is 86.1 cm³/mol. The number of halogens is 2. The van der Waals surface area contributed by atoms with E-state index < -0.39 is 21.2 Å². The van der Waals surface area contributed by atoms with E-state index in [-0.39, 0.29) is 21.5 Å². The van der Waals surface area contributed by atoms with Gasteiger partial charge in [0.2, 0.25) is 5.75 Å². The number of rotatable bonds is 5. The Morgan fingerprint density at radius 3 is 2.25 bits per heavy atom. The van der Waals surface area contributed by atoms with E-state index >= 15 is 0 Å². The van der Waals surface area contributed by atoms with Gasteiger partial charge < -0.3 is 9.94 Å². The van der Waals surface area contributed by atoms with Crippen molar-refractivity contribution in [2.45, 2.75) is 0 Å². The number of nitro benzene ring substituents is 2. The van der Waals surface area contributed by atoms with Crippen LogP contribution in [0.25, 0.3) is 0 Å². The number of phenolic OH excluding ortho intramolecular Hbond substituents is 1. The van der Waals surface area contributed by atoms with E-state index in [4.69, 9.17) is 28.0 Å². The van der Waals surface area contributed by atoms with Crippen LogP contribution in [0.3, 0.4) is 0 Å². The van der Waals surface area contributed by atoms with Crippen molar-refractivity contribution in [1.29, 1.82) is 0 Å². The normalized spacial score (nSPS) is 10.8. The molecule has 0 aliphatic heterocycles. The van der Waals surface area contributed by atoms with Gasteiger partial charge in [0.1, 0.15) is 0 Å². The molecule has 2 aromatic rings. The molecule has 1 N–H and O–H groups in total. The van der Waals surface area contributed by atoms with E-state index in [2.05, 4.69) is 5.16 Å². The molecule has 0 saturated carbocycles. The van der Waals surface area contributed by atoms with Gasteiger partial charge >= 0.3 is 5.69 Å². The molecule has 124 valence electrons. The molecule has 0 atom stereocenters. The molecule has 0 amide bonds. The number of benzene rings is 2. The summed E-state index contributed by atoms with van der Waals surface area (Å²) in [5.41, 5.74) is -0.689. The summed E-state index contributed by atoms with van der Waals surface area (Å²) in [6.45, 7) is 0. The third kappa shape index (κ3) is 3.89. The van der Waals surface area contributed by atoms with E-state index in [0.29, 0.717) is 5.56 Å². The number of oxime groups is 1. The molecule has 0 saturated heterocycles. The summed E-state index contributed by atoms with van der Waals surface area (Å²) in [5.74, 6) is -0.569. The average molecular weight is 372 g/mol. The van der Waals surface area contributed by atoms with Crippen molar-refractivity contribution in [3.63, 3.8) is 0 Å². The highest BCUT2D eigenvalue weighted by molar-refractivity contribution is 6.37. The monoisotopic (exact) mass is 371 g/mol. The Kier molecular flexibility index (Phi) is 5.17. The van der Waals surface area contributed by atoms with Crippen LogP contribution in [-0.4, -0.2) is 21.2 Å². The molecule has 0 aromatic heterocycles. The lowest BCUT2D eigenvalue weighted by Crippen LogP contribution is -1.96. The van der Waals surface area contributed by atoms with Crippen LogP contribution in [0.4, 0.5) is 11.4 Å². The van der Waals surface area contributed by atoms with Crippen LogP contribution in [0, 0.1) is 20.2 Å². The minimum Gasteiger partial charge on any atom is -0.505 e. The Labute approximate surface area is 144 Å². The van der Waals surface area contributed by atoms with Gasteiger partial charge in [-0.1, -0.05) is 28.4 Å². The molecule has 0 heterocycles. The van der Waals surface area contributed by atoms with Crippen molar-refractivity contribution in [3.05, 3.63) is 66.2 Å². The second kappa shape index (κ2) is 7.11. The summed E-state index contributed by atoms with van der Waals surface area (Å²) in [7, 11) is 0. The molecule has 2 aromatic carbocycles. The SMILES string of the molecule is O=[N+]([O-])c1ccc(ON=Cc2cc(Cl)c(O)c(Cl)c2)c([N+](=O)[O-])c1. The fourth-order valence-electron chi connectivity index (χ4n) is 1.64. The first kappa shape index (κ1) is 17.4. The zero-order valence-electron chi connectivity index (χ0n) is 11.6. The third-order valence-electron chi connectivity index (χ3n) is 2.74. The fourth-order valence-corrected chi connectivity index (χ4v) is 2.15. The van der Waals surface area contributed by atoms with Crippen molar-refractivity contribution in [3.8, 4) is 11.5 Å². The summed E-state index contributed by atoms with van der Waals surface area (Å²) < 4.78 is 0. The Hall–Kier alpha value is -2.91. The standard InChI is InChI=1S/C13H7Cl2N3O6/c14-9-3-7(4-10(15)13(9)19)6-16-24-12-2-1-8(17(20)21)5-11(12)18(22)23/h1-6,19H. The van der Waals surface area contributed by atoms with E-state index in [0.717, 1.165) is 24.4 Å². The zero-order valence-corrected chi connectivity index (χ0v) is 13.1. The zero-order chi connectivity index (χ0) is 17.9. The molecule has 0 radical (unpaired) electrons. The quantitative estimate of drug-likeness (QED) is 0.481. The number of phenols is 1. The maximum absolute atomic E-state index is 10.9. The van der Waals surface area contributed by atoms with Crippen LogP contribution in [0.2, 0.25) is 10.0 Å². The fraction of sp³-hybridized carbons (Fsp3) is 0. The molecule has 9 nitrogen and oxygen atoms in total. The first-order chi connectivity index (χ1) is 11.3. The van der Waals surface area contributed by atoms with E-state index in [9.17, 15) is 25.3 Å². The van der Waals surface area contributed by atoms with Crippen LogP contribution in [-0.2, 0) is 0 Å². The Morgan fingerprint density at radius 2 is 1.71 bits per heavy atom. The van der Waals surface area contributed by atoms with Gasteiger partial charge in [0.25, 0.3) is 5.69 Å². The lowest BCUT2D eigenvalue weighted by molar-refractivity contribution is -0.394. The minimum atomic E-state index is -0.827. The number of hydrogen-bond acceptors (Lipinski definition) is 7. The Morgan fingerprint density at radius 1 is 1.08 bits per heavy atom. The van der Waals surface area contributed by atoms with E-state index in [1.807, 2.05) is 0 Å². The van der Waals surface area contributed by atoms with Gasteiger partial charge in [0.15, 0.2) is 5.75 Å². The second-order valence-electron chi connectivity index (χ2n) is 4.33. The van der Waals surface area contributed by atoms with Gasteiger partial charge in [-0.3, -0.25) is 20.2 Å². The van der Waals surface area contributed by atoms with Crippen molar-refractivity contribution >= 4 is 40.8 Å². The predicted octanol–water partition coefficient (Wildman–Crippen LogP) is 3.93. The molecule has 11 heteroatoms. The molecule has 0 aliphatic carbocycles. The number of aromatic hydroxyl groups is 1. The first-order valence-corrected chi connectivity index (χ1v) is 6.86. The number of nitrogens with zero attached hydrogens (tertiary/aromatic N) is 3. The van der Waals surface area contributed by atoms with Crippen LogP contribution in [0.1, 0.15) is 5.56 Å². The van der Waals surface area contributed by atoms with Crippen LogP contribution < -0.4 is 4.84 Å². The first-order valence-electron chi connectivity index (χ1n) is 6.11. The van der Waals surface area contributed by atoms with Gasteiger partial charge in [-0.05, 0) is 23.8 Å².